The zero-order valence-electron chi connectivity index (χ0n) is 19.3. The fourth-order valence-corrected chi connectivity index (χ4v) is 5.74. The van der Waals surface area contributed by atoms with Crippen LogP contribution >= 0.6 is 0 Å². The van der Waals surface area contributed by atoms with Crippen LogP contribution in [0.5, 0.6) is 0 Å². The average molecular weight is 450 g/mol. The Morgan fingerprint density at radius 3 is 2.45 bits per heavy atom. The van der Waals surface area contributed by atoms with Crippen molar-refractivity contribution < 1.29 is 13.6 Å². The molecule has 0 radical (unpaired) electrons. The summed E-state index contributed by atoms with van der Waals surface area (Å²) in [5.74, 6) is -0.730. The quantitative estimate of drug-likeness (QED) is 0.489. The first-order valence-electron chi connectivity index (χ1n) is 11.6. The molecule has 1 aliphatic heterocycles. The van der Waals surface area contributed by atoms with Gasteiger partial charge in [0.15, 0.2) is 0 Å². The van der Waals surface area contributed by atoms with E-state index in [1.54, 1.807) is 0 Å². The van der Waals surface area contributed by atoms with E-state index in [9.17, 15) is 13.6 Å². The molecule has 1 spiro atoms. The summed E-state index contributed by atoms with van der Waals surface area (Å²) in [4.78, 5) is 19.7. The van der Waals surface area contributed by atoms with Gasteiger partial charge in [-0.2, -0.15) is 0 Å². The Hall–Kier alpha value is -3.02. The van der Waals surface area contributed by atoms with Crippen LogP contribution in [0.3, 0.4) is 0 Å². The number of nitrogens with zero attached hydrogens (tertiary/aromatic N) is 3. The second-order valence-corrected chi connectivity index (χ2v) is 9.83. The molecule has 33 heavy (non-hydrogen) atoms. The lowest BCUT2D eigenvalue weighted by Gasteiger charge is -2.53. The molecule has 1 unspecified atom stereocenters. The third kappa shape index (κ3) is 3.85. The molecule has 5 rings (SSSR count). The summed E-state index contributed by atoms with van der Waals surface area (Å²) < 4.78 is 29.5. The molecular formula is C27H29F2N3O. The van der Waals surface area contributed by atoms with Gasteiger partial charge in [-0.1, -0.05) is 12.1 Å². The van der Waals surface area contributed by atoms with Crippen molar-refractivity contribution in [1.82, 2.24) is 14.5 Å². The van der Waals surface area contributed by atoms with Crippen molar-refractivity contribution in [3.63, 3.8) is 0 Å². The van der Waals surface area contributed by atoms with Crippen LogP contribution < -0.4 is 0 Å². The van der Waals surface area contributed by atoms with E-state index in [-0.39, 0.29) is 17.4 Å². The Bertz CT molecular complexity index is 1190. The van der Waals surface area contributed by atoms with Crippen LogP contribution in [0.1, 0.15) is 67.0 Å². The van der Waals surface area contributed by atoms with Gasteiger partial charge in [-0.05, 0) is 87.3 Å². The summed E-state index contributed by atoms with van der Waals surface area (Å²) in [7, 11) is 0. The molecule has 1 aromatic heterocycles. The van der Waals surface area contributed by atoms with Gasteiger partial charge in [0, 0.05) is 24.5 Å². The Morgan fingerprint density at radius 1 is 1.09 bits per heavy atom. The summed E-state index contributed by atoms with van der Waals surface area (Å²) in [5, 5.41) is 0. The maximum Gasteiger partial charge on any atom is 0.229 e. The van der Waals surface area contributed by atoms with Gasteiger partial charge < -0.3 is 9.47 Å². The molecule has 2 aromatic carbocycles. The zero-order valence-corrected chi connectivity index (χ0v) is 19.3. The minimum Gasteiger partial charge on any atom is -0.335 e. The first-order chi connectivity index (χ1) is 15.8. The highest BCUT2D eigenvalue weighted by Gasteiger charge is 2.53. The number of imidazole rings is 1. The Balaban J connectivity index is 1.31. The fourth-order valence-electron chi connectivity index (χ4n) is 5.74. The van der Waals surface area contributed by atoms with Gasteiger partial charge >= 0.3 is 0 Å². The molecule has 0 N–H and O–H groups in total. The van der Waals surface area contributed by atoms with Crippen molar-refractivity contribution in [1.29, 1.82) is 0 Å². The maximum atomic E-state index is 13.7. The summed E-state index contributed by atoms with van der Waals surface area (Å²) in [6, 6.07) is 9.71. The summed E-state index contributed by atoms with van der Waals surface area (Å²) in [6.07, 6.45) is 7.30. The molecule has 1 saturated heterocycles. The first kappa shape index (κ1) is 21.8. The highest BCUT2D eigenvalue weighted by Crippen LogP contribution is 2.57. The summed E-state index contributed by atoms with van der Waals surface area (Å²) in [5.41, 5.74) is 4.71. The van der Waals surface area contributed by atoms with Gasteiger partial charge in [0.05, 0.1) is 23.5 Å². The number of likely N-dealkylation sites (tertiary alicyclic amines) is 1. The zero-order chi connectivity index (χ0) is 23.3. The second kappa shape index (κ2) is 8.08. The Morgan fingerprint density at radius 2 is 1.82 bits per heavy atom. The predicted molar refractivity (Wildman–Crippen MR) is 123 cm³/mol. The highest BCUT2D eigenvalue weighted by molar-refractivity contribution is 5.85. The molecule has 2 aliphatic rings. The third-order valence-electron chi connectivity index (χ3n) is 7.56. The predicted octanol–water partition coefficient (Wildman–Crippen LogP) is 6.01. The normalized spacial score (nSPS) is 23.6. The maximum absolute atomic E-state index is 13.7. The number of aryl methyl sites for hydroxylation is 2. The van der Waals surface area contributed by atoms with E-state index in [1.807, 2.05) is 35.8 Å². The van der Waals surface area contributed by atoms with Gasteiger partial charge in [0.2, 0.25) is 5.91 Å². The number of piperidine rings is 1. The van der Waals surface area contributed by atoms with Gasteiger partial charge in [-0.3, -0.25) is 4.79 Å². The number of aromatic nitrogens is 2. The van der Waals surface area contributed by atoms with Gasteiger partial charge in [-0.25, -0.2) is 13.8 Å². The molecular weight excluding hydrogens is 420 g/mol. The van der Waals surface area contributed by atoms with Crippen LogP contribution in [0.2, 0.25) is 0 Å². The number of carbonyl (C=O) groups is 1. The van der Waals surface area contributed by atoms with E-state index in [4.69, 9.17) is 0 Å². The average Bonchev–Trinajstić information content (AvgIpc) is 3.17. The first-order valence-corrected chi connectivity index (χ1v) is 11.6. The van der Waals surface area contributed by atoms with Crippen LogP contribution in [-0.4, -0.2) is 26.9 Å². The minimum absolute atomic E-state index is 0.129. The lowest BCUT2D eigenvalue weighted by Crippen LogP contribution is -2.54. The summed E-state index contributed by atoms with van der Waals surface area (Å²) in [6.45, 7) is 6.57. The van der Waals surface area contributed by atoms with E-state index in [1.165, 1.54) is 23.3 Å². The molecule has 1 saturated carbocycles. The minimum atomic E-state index is -0.607. The fraction of sp³-hybridized carbons (Fsp3) is 0.407. The van der Waals surface area contributed by atoms with E-state index in [0.717, 1.165) is 43.1 Å². The lowest BCUT2D eigenvalue weighted by molar-refractivity contribution is -0.156. The van der Waals surface area contributed by atoms with E-state index >= 15 is 0 Å². The van der Waals surface area contributed by atoms with Crippen LogP contribution in [0.25, 0.3) is 5.69 Å². The molecule has 2 fully saturated rings. The van der Waals surface area contributed by atoms with E-state index < -0.39 is 11.6 Å². The lowest BCUT2D eigenvalue weighted by atomic mass is 9.56. The second-order valence-electron chi connectivity index (χ2n) is 9.83. The number of halogens is 2. The number of amides is 1. The number of benzene rings is 2. The van der Waals surface area contributed by atoms with Crippen LogP contribution in [-0.2, 0) is 4.79 Å². The van der Waals surface area contributed by atoms with E-state index in [0.29, 0.717) is 18.0 Å². The SMILES string of the molecule is Cc1cn(-c2ccc(C3CC4(CCCN(C(C)c5cc(F)cc(F)c5)C4=O)C3)cc2C)cn1. The molecule has 6 heteroatoms. The topological polar surface area (TPSA) is 38.1 Å². The van der Waals surface area contributed by atoms with Crippen molar-refractivity contribution in [2.24, 2.45) is 5.41 Å². The van der Waals surface area contributed by atoms with Gasteiger partial charge in [0.25, 0.3) is 0 Å². The van der Waals surface area contributed by atoms with E-state index in [2.05, 4.69) is 30.1 Å². The molecule has 1 aliphatic carbocycles. The largest absolute Gasteiger partial charge is 0.335 e. The highest BCUT2D eigenvalue weighted by atomic mass is 19.1. The Kier molecular flexibility index (Phi) is 5.34. The number of hydrogen-bond acceptors (Lipinski definition) is 2. The molecule has 3 aromatic rings. The summed E-state index contributed by atoms with van der Waals surface area (Å²) >= 11 is 0. The molecule has 4 nitrogen and oxygen atoms in total. The molecule has 1 atom stereocenters. The number of rotatable bonds is 4. The van der Waals surface area contributed by atoms with Crippen molar-refractivity contribution >= 4 is 5.91 Å². The van der Waals surface area contributed by atoms with Gasteiger partial charge in [0.1, 0.15) is 11.6 Å². The van der Waals surface area contributed by atoms with Gasteiger partial charge in [-0.15, -0.1) is 0 Å². The van der Waals surface area contributed by atoms with Crippen LogP contribution in [0.4, 0.5) is 8.78 Å². The monoisotopic (exact) mass is 449 g/mol. The smallest absolute Gasteiger partial charge is 0.229 e. The molecule has 2 heterocycles. The molecule has 172 valence electrons. The van der Waals surface area contributed by atoms with Crippen molar-refractivity contribution in [3.05, 3.63) is 82.9 Å². The number of carbonyl (C=O) groups excluding carboxylic acids is 1. The van der Waals surface area contributed by atoms with Crippen molar-refractivity contribution in [2.45, 2.75) is 58.4 Å². The van der Waals surface area contributed by atoms with Crippen molar-refractivity contribution in [2.75, 3.05) is 6.54 Å². The third-order valence-corrected chi connectivity index (χ3v) is 7.56. The standard InChI is InChI=1S/C27H29F2N3O/c1-17-9-20(5-6-25(17)31-15-18(2)30-16-31)22-13-27(14-22)7-4-8-32(26(27)33)19(3)21-10-23(28)12-24(29)11-21/h5-6,9-12,15-16,19,22H,4,7-8,13-14H2,1-3H3. The molecule has 1 amide bonds. The Labute approximate surface area is 193 Å². The van der Waals surface area contributed by atoms with Crippen LogP contribution in [0.15, 0.2) is 48.9 Å². The molecule has 0 bridgehead atoms. The number of hydrogen-bond donors (Lipinski definition) is 0. The van der Waals surface area contributed by atoms with Crippen molar-refractivity contribution in [3.8, 4) is 5.69 Å². The van der Waals surface area contributed by atoms with Crippen LogP contribution in [0, 0.1) is 30.9 Å².